The molecule has 0 spiro atoms. The third-order valence-electron chi connectivity index (χ3n) is 6.11. The molecule has 2 bridgehead atoms. The first kappa shape index (κ1) is 19.9. The molecule has 29 heavy (non-hydrogen) atoms. The van der Waals surface area contributed by atoms with E-state index in [-0.39, 0.29) is 17.8 Å². The number of aliphatic imine (C=N–C) groups is 1. The number of benzene rings is 1. The molecule has 0 aliphatic carbocycles. The number of carbonyl (C=O) groups is 1. The molecule has 7 nitrogen and oxygen atoms in total. The third-order valence-corrected chi connectivity index (χ3v) is 6.11. The van der Waals surface area contributed by atoms with Crippen molar-refractivity contribution in [3.8, 4) is 0 Å². The summed E-state index contributed by atoms with van der Waals surface area (Å²) in [5, 5.41) is 6.69. The summed E-state index contributed by atoms with van der Waals surface area (Å²) < 4.78 is 18.9. The number of nitrogens with one attached hydrogen (secondary N) is 2. The monoisotopic (exact) mass is 403 g/mol. The molecule has 4 rings (SSSR count). The van der Waals surface area contributed by atoms with Gasteiger partial charge in [-0.2, -0.15) is 0 Å². The van der Waals surface area contributed by atoms with Crippen LogP contribution in [0.2, 0.25) is 0 Å². The molecule has 0 radical (unpaired) electrons. The Balaban J connectivity index is 1.17. The standard InChI is InChI=1S/C21H30FN5O2/c1-23-21(25-18-14-17-6-7-19(18)29-17)24-9-8-20(28)27-12-10-26(11-13-27)16-4-2-15(22)3-5-16/h2-5,17-19H,6-14H2,1H3,(H2,23,24,25). The second kappa shape index (κ2) is 8.98. The van der Waals surface area contributed by atoms with E-state index < -0.39 is 0 Å². The predicted molar refractivity (Wildman–Crippen MR) is 111 cm³/mol. The van der Waals surface area contributed by atoms with Crippen LogP contribution < -0.4 is 15.5 Å². The van der Waals surface area contributed by atoms with Gasteiger partial charge in [-0.3, -0.25) is 9.79 Å². The summed E-state index contributed by atoms with van der Waals surface area (Å²) in [5.74, 6) is 0.655. The van der Waals surface area contributed by atoms with Crippen molar-refractivity contribution in [2.24, 2.45) is 4.99 Å². The van der Waals surface area contributed by atoms with Gasteiger partial charge in [0.05, 0.1) is 18.2 Å². The van der Waals surface area contributed by atoms with Gasteiger partial charge in [-0.25, -0.2) is 4.39 Å². The van der Waals surface area contributed by atoms with E-state index in [2.05, 4.69) is 20.5 Å². The van der Waals surface area contributed by atoms with Crippen molar-refractivity contribution in [1.82, 2.24) is 15.5 Å². The lowest BCUT2D eigenvalue weighted by Crippen LogP contribution is -2.50. The maximum Gasteiger partial charge on any atom is 0.224 e. The fraction of sp³-hybridized carbons (Fsp3) is 0.619. The lowest BCUT2D eigenvalue weighted by Gasteiger charge is -2.36. The number of hydrogen-bond donors (Lipinski definition) is 2. The molecule has 3 heterocycles. The molecule has 1 aromatic carbocycles. The van der Waals surface area contributed by atoms with Gasteiger partial charge in [-0.05, 0) is 43.5 Å². The van der Waals surface area contributed by atoms with E-state index in [0.717, 1.165) is 44.0 Å². The summed E-state index contributed by atoms with van der Waals surface area (Å²) in [6.07, 6.45) is 4.43. The van der Waals surface area contributed by atoms with Crippen LogP contribution in [0.4, 0.5) is 10.1 Å². The molecule has 8 heteroatoms. The lowest BCUT2D eigenvalue weighted by atomic mass is 9.96. The van der Waals surface area contributed by atoms with E-state index in [1.54, 1.807) is 19.2 Å². The number of halogens is 1. The Morgan fingerprint density at radius 3 is 2.59 bits per heavy atom. The Morgan fingerprint density at radius 2 is 1.97 bits per heavy atom. The molecule has 3 unspecified atom stereocenters. The van der Waals surface area contributed by atoms with Crippen molar-refractivity contribution in [3.05, 3.63) is 30.1 Å². The van der Waals surface area contributed by atoms with Crippen molar-refractivity contribution in [3.63, 3.8) is 0 Å². The lowest BCUT2D eigenvalue weighted by molar-refractivity contribution is -0.131. The quantitative estimate of drug-likeness (QED) is 0.574. The number of fused-ring (bicyclic) bond motifs is 2. The molecular weight excluding hydrogens is 373 g/mol. The van der Waals surface area contributed by atoms with E-state index >= 15 is 0 Å². The molecule has 1 aromatic rings. The maximum absolute atomic E-state index is 13.1. The van der Waals surface area contributed by atoms with Crippen molar-refractivity contribution in [2.75, 3.05) is 44.7 Å². The number of nitrogens with zero attached hydrogens (tertiary/aromatic N) is 3. The zero-order valence-electron chi connectivity index (χ0n) is 16.9. The largest absolute Gasteiger partial charge is 0.373 e. The molecule has 3 atom stereocenters. The van der Waals surface area contributed by atoms with Gasteiger partial charge in [0.2, 0.25) is 5.91 Å². The van der Waals surface area contributed by atoms with Gasteiger partial charge in [-0.1, -0.05) is 0 Å². The zero-order chi connectivity index (χ0) is 20.2. The summed E-state index contributed by atoms with van der Waals surface area (Å²) in [4.78, 5) is 20.9. The molecule has 3 aliphatic heterocycles. The first-order chi connectivity index (χ1) is 14.1. The van der Waals surface area contributed by atoms with Crippen LogP contribution in [0.3, 0.4) is 0 Å². The Hall–Kier alpha value is -2.35. The van der Waals surface area contributed by atoms with Crippen LogP contribution in [0.5, 0.6) is 0 Å². The van der Waals surface area contributed by atoms with Crippen molar-refractivity contribution < 1.29 is 13.9 Å². The zero-order valence-corrected chi connectivity index (χ0v) is 16.9. The molecule has 2 N–H and O–H groups in total. The molecular formula is C21H30FN5O2. The number of ether oxygens (including phenoxy) is 1. The van der Waals surface area contributed by atoms with Gasteiger partial charge in [0.15, 0.2) is 5.96 Å². The minimum absolute atomic E-state index is 0.148. The average molecular weight is 404 g/mol. The number of rotatable bonds is 5. The van der Waals surface area contributed by atoms with Crippen LogP contribution in [0.25, 0.3) is 0 Å². The molecule has 158 valence electrons. The summed E-state index contributed by atoms with van der Waals surface area (Å²) in [6.45, 7) is 3.45. The van der Waals surface area contributed by atoms with Crippen LogP contribution >= 0.6 is 0 Å². The van der Waals surface area contributed by atoms with Crippen molar-refractivity contribution in [2.45, 2.75) is 43.9 Å². The first-order valence-corrected chi connectivity index (χ1v) is 10.5. The number of carbonyl (C=O) groups excluding carboxylic acids is 1. The highest BCUT2D eigenvalue weighted by Crippen LogP contribution is 2.34. The van der Waals surface area contributed by atoms with Crippen LogP contribution in [0, 0.1) is 5.82 Å². The molecule has 3 fully saturated rings. The van der Waals surface area contributed by atoms with Gasteiger partial charge >= 0.3 is 0 Å². The predicted octanol–water partition coefficient (Wildman–Crippen LogP) is 1.35. The molecule has 0 aromatic heterocycles. The normalized spacial score (nSPS) is 26.7. The van der Waals surface area contributed by atoms with E-state index in [0.29, 0.717) is 38.2 Å². The Kier molecular flexibility index (Phi) is 6.18. The minimum Gasteiger partial charge on any atom is -0.373 e. The topological polar surface area (TPSA) is 69.2 Å². The second-order valence-electron chi connectivity index (χ2n) is 7.95. The summed E-state index contributed by atoms with van der Waals surface area (Å²) in [7, 11) is 1.75. The van der Waals surface area contributed by atoms with Crippen molar-refractivity contribution in [1.29, 1.82) is 0 Å². The van der Waals surface area contributed by atoms with Crippen LogP contribution in [-0.4, -0.2) is 74.8 Å². The van der Waals surface area contributed by atoms with E-state index in [9.17, 15) is 9.18 Å². The van der Waals surface area contributed by atoms with Gasteiger partial charge in [-0.15, -0.1) is 0 Å². The first-order valence-electron chi connectivity index (χ1n) is 10.5. The van der Waals surface area contributed by atoms with E-state index in [4.69, 9.17) is 4.74 Å². The molecule has 3 aliphatic rings. The fourth-order valence-corrected chi connectivity index (χ4v) is 4.47. The summed E-state index contributed by atoms with van der Waals surface area (Å²) in [6, 6.07) is 6.84. The maximum atomic E-state index is 13.1. The summed E-state index contributed by atoms with van der Waals surface area (Å²) >= 11 is 0. The van der Waals surface area contributed by atoms with Crippen LogP contribution in [-0.2, 0) is 9.53 Å². The Bertz CT molecular complexity index is 733. The van der Waals surface area contributed by atoms with Crippen molar-refractivity contribution >= 4 is 17.6 Å². The van der Waals surface area contributed by atoms with Crippen LogP contribution in [0.15, 0.2) is 29.3 Å². The SMILES string of the molecule is CN=C(NCCC(=O)N1CCN(c2ccc(F)cc2)CC1)NC1CC2CCC1O2. The molecule has 1 amide bonds. The number of anilines is 1. The van der Waals surface area contributed by atoms with E-state index in [1.807, 2.05) is 4.90 Å². The Morgan fingerprint density at radius 1 is 1.21 bits per heavy atom. The number of amides is 1. The van der Waals surface area contributed by atoms with Gasteiger partial charge < -0.3 is 25.2 Å². The highest BCUT2D eigenvalue weighted by atomic mass is 19.1. The Labute approximate surface area is 171 Å². The van der Waals surface area contributed by atoms with Gasteiger partial charge in [0, 0.05) is 51.9 Å². The number of guanidine groups is 1. The molecule has 3 saturated heterocycles. The minimum atomic E-state index is -0.229. The molecule has 0 saturated carbocycles. The van der Waals surface area contributed by atoms with E-state index in [1.165, 1.54) is 12.1 Å². The van der Waals surface area contributed by atoms with Gasteiger partial charge in [0.1, 0.15) is 5.82 Å². The second-order valence-corrected chi connectivity index (χ2v) is 7.95. The van der Waals surface area contributed by atoms with Crippen LogP contribution in [0.1, 0.15) is 25.7 Å². The number of hydrogen-bond acceptors (Lipinski definition) is 4. The van der Waals surface area contributed by atoms with Gasteiger partial charge in [0.25, 0.3) is 0 Å². The fourth-order valence-electron chi connectivity index (χ4n) is 4.47. The summed E-state index contributed by atoms with van der Waals surface area (Å²) in [5.41, 5.74) is 1.000. The third kappa shape index (κ3) is 4.80. The highest BCUT2D eigenvalue weighted by Gasteiger charge is 2.41. The smallest absolute Gasteiger partial charge is 0.224 e. The highest BCUT2D eigenvalue weighted by molar-refractivity contribution is 5.81. The number of piperazine rings is 1. The average Bonchev–Trinajstić information content (AvgIpc) is 3.37.